The predicted octanol–water partition coefficient (Wildman–Crippen LogP) is 3.27. The van der Waals surface area contributed by atoms with Crippen LogP contribution < -0.4 is 20.5 Å². The normalized spacial score (nSPS) is 23.9. The molecule has 0 atom stereocenters. The number of piperazine rings is 1. The van der Waals surface area contributed by atoms with Crippen molar-refractivity contribution >= 4 is 55.4 Å². The number of thiazole rings is 1. The fourth-order valence-corrected chi connectivity index (χ4v) is 9.05. The first-order valence-electron chi connectivity index (χ1n) is 16.3. The Kier molecular flexibility index (Phi) is 7.37. The van der Waals surface area contributed by atoms with Crippen molar-refractivity contribution in [2.75, 3.05) is 62.3 Å². The molecule has 5 aliphatic rings. The van der Waals surface area contributed by atoms with Crippen molar-refractivity contribution < 1.29 is 37.0 Å². The Bertz CT molecular complexity index is 2020. The van der Waals surface area contributed by atoms with E-state index in [0.29, 0.717) is 78.2 Å². The summed E-state index contributed by atoms with van der Waals surface area (Å²) in [6.07, 6.45) is -3.06. The number of morpholine rings is 1. The van der Waals surface area contributed by atoms with Gasteiger partial charge in [0.1, 0.15) is 33.8 Å². The Labute approximate surface area is 281 Å². The molecule has 2 amide bonds. The Morgan fingerprint density at radius 1 is 1.06 bits per heavy atom. The maximum absolute atomic E-state index is 14.3. The summed E-state index contributed by atoms with van der Waals surface area (Å²) in [4.78, 5) is 55.8. The summed E-state index contributed by atoms with van der Waals surface area (Å²) < 4.78 is 53.4. The third kappa shape index (κ3) is 5.03. The maximum Gasteiger partial charge on any atom is 0.394 e. The van der Waals surface area contributed by atoms with Crippen molar-refractivity contribution in [3.05, 3.63) is 40.0 Å². The number of pyridine rings is 1. The molecule has 0 unspecified atom stereocenters. The van der Waals surface area contributed by atoms with Crippen LogP contribution in [0.5, 0.6) is 5.75 Å². The molecule has 49 heavy (non-hydrogen) atoms. The van der Waals surface area contributed by atoms with Gasteiger partial charge in [-0.05, 0) is 37.8 Å². The van der Waals surface area contributed by atoms with Crippen LogP contribution in [0.25, 0.3) is 21.4 Å². The van der Waals surface area contributed by atoms with Crippen LogP contribution in [-0.4, -0.2) is 101 Å². The van der Waals surface area contributed by atoms with Crippen molar-refractivity contribution in [3.8, 4) is 5.75 Å². The van der Waals surface area contributed by atoms with Gasteiger partial charge in [0.15, 0.2) is 22.8 Å². The molecule has 0 spiro atoms. The van der Waals surface area contributed by atoms with Crippen molar-refractivity contribution in [2.45, 2.75) is 50.9 Å². The molecule has 2 saturated heterocycles. The van der Waals surface area contributed by atoms with Gasteiger partial charge in [0.05, 0.1) is 18.6 Å². The first-order chi connectivity index (χ1) is 23.4. The van der Waals surface area contributed by atoms with Crippen LogP contribution in [0.2, 0.25) is 0 Å². The molecule has 2 bridgehead atoms. The minimum absolute atomic E-state index is 0.0256. The van der Waals surface area contributed by atoms with E-state index in [-0.39, 0.29) is 61.2 Å². The molecule has 0 radical (unpaired) electrons. The molecule has 5 fully saturated rings. The van der Waals surface area contributed by atoms with Gasteiger partial charge in [-0.15, -0.1) is 0 Å². The number of anilines is 2. The Hall–Kier alpha value is -4.38. The zero-order valence-corrected chi connectivity index (χ0v) is 27.5. The number of halogens is 3. The number of benzene rings is 1. The summed E-state index contributed by atoms with van der Waals surface area (Å²) in [5, 5.41) is 14.0. The second kappa shape index (κ2) is 11.3. The van der Waals surface area contributed by atoms with Gasteiger partial charge in [-0.25, -0.2) is 9.97 Å². The first-order valence-corrected chi connectivity index (χ1v) is 17.1. The molecule has 5 heterocycles. The molecule has 260 valence electrons. The summed E-state index contributed by atoms with van der Waals surface area (Å²) in [5.74, 6) is -1.07. The third-order valence-corrected chi connectivity index (χ3v) is 11.5. The van der Waals surface area contributed by atoms with Crippen LogP contribution in [0.1, 0.15) is 42.2 Å². The third-order valence-electron chi connectivity index (χ3n) is 10.4. The predicted molar refractivity (Wildman–Crippen MR) is 173 cm³/mol. The number of hydrogen-bond donors (Lipinski definition) is 2. The van der Waals surface area contributed by atoms with E-state index in [0.717, 1.165) is 0 Å². The highest BCUT2D eigenvalue weighted by molar-refractivity contribution is 7.22. The summed E-state index contributed by atoms with van der Waals surface area (Å²) in [6.45, 7) is 4.99. The van der Waals surface area contributed by atoms with Crippen LogP contribution in [0.4, 0.5) is 24.0 Å². The van der Waals surface area contributed by atoms with E-state index in [9.17, 15) is 32.7 Å². The number of ether oxygens (including phenoxy) is 1. The largest absolute Gasteiger partial charge is 0.507 e. The monoisotopic (exact) mass is 701 g/mol. The Morgan fingerprint density at radius 3 is 2.45 bits per heavy atom. The topological polar surface area (TPSA) is 146 Å². The number of nitrogens with one attached hydrogen (secondary N) is 1. The van der Waals surface area contributed by atoms with Gasteiger partial charge in [-0.1, -0.05) is 18.3 Å². The number of fused-ring (bicyclic) bond motifs is 2. The van der Waals surface area contributed by atoms with E-state index < -0.39 is 28.9 Å². The van der Waals surface area contributed by atoms with Crippen molar-refractivity contribution in [2.24, 2.45) is 5.41 Å². The van der Waals surface area contributed by atoms with E-state index in [4.69, 9.17) is 14.1 Å². The highest BCUT2D eigenvalue weighted by Crippen LogP contribution is 2.73. The minimum Gasteiger partial charge on any atom is -0.507 e. The standard InChI is InChI=1S/C32H34F3N7O6S/c1-2-19-23(39-5-7-40(8-6-39)28(46)22-20(43)4-3-18-25(22)48-17-36-18)24(45)26-27(37-29(49-26)41-9-11-47-12-10-41)42(19)13-21(44)38-31-14-30(15-31,16-31)32(33,34)35/h3-4,17,43H,2,5-16H2,1H3,(H,38,44). The highest BCUT2D eigenvalue weighted by atomic mass is 32.1. The number of aromatic nitrogens is 3. The second-order valence-corrected chi connectivity index (χ2v) is 14.4. The summed E-state index contributed by atoms with van der Waals surface area (Å²) in [7, 11) is 0. The van der Waals surface area contributed by atoms with Crippen molar-refractivity contribution in [1.82, 2.24) is 24.8 Å². The Balaban J connectivity index is 1.10. The summed E-state index contributed by atoms with van der Waals surface area (Å²) in [5.41, 5.74) is -0.753. The molecular formula is C32H34F3N7O6S. The molecule has 13 nitrogen and oxygen atoms in total. The fourth-order valence-electron chi connectivity index (χ4n) is 7.99. The van der Waals surface area contributed by atoms with Crippen molar-refractivity contribution in [1.29, 1.82) is 0 Å². The molecule has 3 saturated carbocycles. The van der Waals surface area contributed by atoms with Gasteiger partial charge in [0, 0.05) is 50.5 Å². The smallest absolute Gasteiger partial charge is 0.394 e. The number of rotatable bonds is 7. The Morgan fingerprint density at radius 2 is 1.78 bits per heavy atom. The lowest BCUT2D eigenvalue weighted by molar-refractivity contribution is -0.337. The highest BCUT2D eigenvalue weighted by Gasteiger charge is 2.79. The average Bonchev–Trinajstić information content (AvgIpc) is 3.71. The molecule has 4 aromatic rings. The molecule has 9 rings (SSSR count). The van der Waals surface area contributed by atoms with Gasteiger partial charge in [0.25, 0.3) is 5.91 Å². The fraction of sp³-hybridized carbons (Fsp3) is 0.531. The van der Waals surface area contributed by atoms with Crippen LogP contribution >= 0.6 is 11.3 Å². The van der Waals surface area contributed by atoms with Crippen LogP contribution in [-0.2, 0) is 22.5 Å². The summed E-state index contributed by atoms with van der Waals surface area (Å²) >= 11 is 1.25. The molecule has 3 aliphatic carbocycles. The molecular weight excluding hydrogens is 667 g/mol. The lowest BCUT2D eigenvalue weighted by atomic mass is 9.39. The van der Waals surface area contributed by atoms with Crippen molar-refractivity contribution in [3.63, 3.8) is 0 Å². The van der Waals surface area contributed by atoms with E-state index in [1.165, 1.54) is 23.8 Å². The molecule has 2 N–H and O–H groups in total. The lowest BCUT2D eigenvalue weighted by Crippen LogP contribution is -2.78. The van der Waals surface area contributed by atoms with E-state index in [1.807, 2.05) is 16.7 Å². The number of amides is 2. The van der Waals surface area contributed by atoms with Gasteiger partial charge in [-0.2, -0.15) is 13.2 Å². The lowest BCUT2D eigenvalue weighted by Gasteiger charge is -2.70. The van der Waals surface area contributed by atoms with Crippen LogP contribution in [0.3, 0.4) is 0 Å². The zero-order chi connectivity index (χ0) is 34.3. The minimum atomic E-state index is -4.29. The maximum atomic E-state index is 14.3. The number of carbonyl (C=O) groups is 2. The number of carbonyl (C=O) groups excluding carboxylic acids is 2. The summed E-state index contributed by atoms with van der Waals surface area (Å²) in [6, 6.07) is 2.96. The molecule has 17 heteroatoms. The van der Waals surface area contributed by atoms with E-state index in [2.05, 4.69) is 10.3 Å². The van der Waals surface area contributed by atoms with E-state index in [1.54, 1.807) is 15.5 Å². The number of aromatic hydroxyl groups is 1. The molecule has 2 aliphatic heterocycles. The van der Waals surface area contributed by atoms with Gasteiger partial charge in [-0.3, -0.25) is 14.4 Å². The SMILES string of the molecule is CCc1c(N2CCN(C(=O)c3c(O)ccc4ncoc34)CC2)c(=O)c2sc(N3CCOCC3)nc2n1CC(=O)NC12CC(C(F)(F)F)(C1)C2. The first kappa shape index (κ1) is 31.9. The molecule has 3 aromatic heterocycles. The van der Waals surface area contributed by atoms with Gasteiger partial charge < -0.3 is 38.8 Å². The number of phenols is 1. The second-order valence-electron chi connectivity index (χ2n) is 13.4. The van der Waals surface area contributed by atoms with Gasteiger partial charge >= 0.3 is 6.18 Å². The van der Waals surface area contributed by atoms with Crippen LogP contribution in [0.15, 0.2) is 27.7 Å². The number of alkyl halides is 3. The average molecular weight is 702 g/mol. The zero-order valence-electron chi connectivity index (χ0n) is 26.6. The number of nitrogens with zero attached hydrogens (tertiary/aromatic N) is 6. The number of oxazole rings is 1. The number of phenolic OH excluding ortho intramolecular Hbond substituents is 1. The van der Waals surface area contributed by atoms with Crippen LogP contribution in [0, 0.1) is 5.41 Å². The van der Waals surface area contributed by atoms with E-state index >= 15 is 0 Å². The quantitative estimate of drug-likeness (QED) is 0.295. The van der Waals surface area contributed by atoms with Gasteiger partial charge in [0.2, 0.25) is 11.3 Å². The number of hydrogen-bond acceptors (Lipinski definition) is 11. The molecule has 1 aromatic carbocycles.